The third-order valence-electron chi connectivity index (χ3n) is 2.82. The maximum atomic E-state index is 11.3. The van der Waals surface area contributed by atoms with E-state index in [4.69, 9.17) is 0 Å². The van der Waals surface area contributed by atoms with Gasteiger partial charge in [0.2, 0.25) is 0 Å². The molecule has 88 valence electrons. The molecule has 0 aromatic carbocycles. The summed E-state index contributed by atoms with van der Waals surface area (Å²) in [4.78, 5) is 4.11. The molecule has 0 saturated carbocycles. The van der Waals surface area contributed by atoms with Crippen LogP contribution in [-0.4, -0.2) is 31.5 Å². The fraction of sp³-hybridized carbons (Fsp3) is 0.545. The standard InChI is InChI=1S/C11H16N2O2S/c1-9-6-11(2-4-12-9)13-7-10-3-5-16(14,15)8-10/h2,4,6,10H,3,5,7-8H2,1H3,(H,12,13). The second kappa shape index (κ2) is 4.41. The number of hydrogen-bond acceptors (Lipinski definition) is 4. The number of nitrogens with one attached hydrogen (secondary N) is 1. The molecule has 0 aliphatic carbocycles. The molecule has 1 unspecified atom stereocenters. The molecule has 1 aromatic heterocycles. The van der Waals surface area contributed by atoms with E-state index in [1.165, 1.54) is 0 Å². The van der Waals surface area contributed by atoms with Gasteiger partial charge in [-0.2, -0.15) is 0 Å². The molecule has 16 heavy (non-hydrogen) atoms. The number of hydrogen-bond donors (Lipinski definition) is 1. The molecule has 0 bridgehead atoms. The Bertz CT molecular complexity index is 471. The number of aromatic nitrogens is 1. The summed E-state index contributed by atoms with van der Waals surface area (Å²) in [5.41, 5.74) is 1.97. The van der Waals surface area contributed by atoms with E-state index in [-0.39, 0.29) is 5.92 Å². The quantitative estimate of drug-likeness (QED) is 0.863. The molecule has 1 N–H and O–H groups in total. The number of aryl methyl sites for hydroxylation is 1. The van der Waals surface area contributed by atoms with Crippen molar-refractivity contribution in [3.63, 3.8) is 0 Å². The van der Waals surface area contributed by atoms with Gasteiger partial charge in [0.1, 0.15) is 0 Å². The van der Waals surface area contributed by atoms with Gasteiger partial charge in [-0.05, 0) is 31.4 Å². The minimum absolute atomic E-state index is 0.249. The number of sulfone groups is 1. The topological polar surface area (TPSA) is 59.1 Å². The first-order valence-electron chi connectivity index (χ1n) is 5.42. The van der Waals surface area contributed by atoms with Gasteiger partial charge < -0.3 is 5.32 Å². The Morgan fingerprint density at radius 3 is 3.00 bits per heavy atom. The van der Waals surface area contributed by atoms with Crippen LogP contribution in [0.3, 0.4) is 0 Å². The Kier molecular flexibility index (Phi) is 3.14. The van der Waals surface area contributed by atoms with Crippen molar-refractivity contribution in [2.45, 2.75) is 13.3 Å². The van der Waals surface area contributed by atoms with Gasteiger partial charge >= 0.3 is 0 Å². The lowest BCUT2D eigenvalue weighted by molar-refractivity contribution is 0.596. The zero-order chi connectivity index (χ0) is 11.6. The van der Waals surface area contributed by atoms with Crippen LogP contribution in [0.4, 0.5) is 5.69 Å². The average Bonchev–Trinajstić information content (AvgIpc) is 2.56. The van der Waals surface area contributed by atoms with Crippen molar-refractivity contribution in [1.82, 2.24) is 4.98 Å². The Balaban J connectivity index is 1.89. The van der Waals surface area contributed by atoms with E-state index in [1.807, 2.05) is 19.1 Å². The van der Waals surface area contributed by atoms with Crippen LogP contribution in [0.25, 0.3) is 0 Å². The molecule has 1 atom stereocenters. The monoisotopic (exact) mass is 240 g/mol. The first-order chi connectivity index (χ1) is 7.55. The van der Waals surface area contributed by atoms with Crippen LogP contribution in [0.1, 0.15) is 12.1 Å². The molecule has 1 fully saturated rings. The highest BCUT2D eigenvalue weighted by Gasteiger charge is 2.27. The van der Waals surface area contributed by atoms with Crippen molar-refractivity contribution in [3.8, 4) is 0 Å². The maximum absolute atomic E-state index is 11.3. The minimum atomic E-state index is -2.76. The zero-order valence-corrected chi connectivity index (χ0v) is 10.1. The molecule has 1 aromatic rings. The van der Waals surface area contributed by atoms with Crippen molar-refractivity contribution in [3.05, 3.63) is 24.0 Å². The molecule has 0 radical (unpaired) electrons. The third kappa shape index (κ3) is 2.95. The maximum Gasteiger partial charge on any atom is 0.150 e. The third-order valence-corrected chi connectivity index (χ3v) is 4.66. The summed E-state index contributed by atoms with van der Waals surface area (Å²) < 4.78 is 22.5. The smallest absolute Gasteiger partial charge is 0.150 e. The Hall–Kier alpha value is -1.10. The highest BCUT2D eigenvalue weighted by molar-refractivity contribution is 7.91. The lowest BCUT2D eigenvalue weighted by Gasteiger charge is -2.10. The SMILES string of the molecule is Cc1cc(NCC2CCS(=O)(=O)C2)ccn1. The second-order valence-electron chi connectivity index (χ2n) is 4.34. The minimum Gasteiger partial charge on any atom is -0.385 e. The van der Waals surface area contributed by atoms with Gasteiger partial charge in [-0.1, -0.05) is 0 Å². The highest BCUT2D eigenvalue weighted by atomic mass is 32.2. The summed E-state index contributed by atoms with van der Waals surface area (Å²) in [6.45, 7) is 2.66. The van der Waals surface area contributed by atoms with Crippen molar-refractivity contribution in [2.75, 3.05) is 23.4 Å². The molecule has 1 aliphatic rings. The fourth-order valence-electron chi connectivity index (χ4n) is 1.95. The summed E-state index contributed by atoms with van der Waals surface area (Å²) in [5, 5.41) is 3.26. The first-order valence-corrected chi connectivity index (χ1v) is 7.24. The van der Waals surface area contributed by atoms with E-state index in [1.54, 1.807) is 6.20 Å². The molecule has 2 rings (SSSR count). The van der Waals surface area contributed by atoms with Crippen LogP contribution in [0, 0.1) is 12.8 Å². The summed E-state index contributed by atoms with van der Waals surface area (Å²) in [7, 11) is -2.76. The second-order valence-corrected chi connectivity index (χ2v) is 6.56. The van der Waals surface area contributed by atoms with Gasteiger partial charge in [-0.25, -0.2) is 8.42 Å². The van der Waals surface area contributed by atoms with E-state index >= 15 is 0 Å². The molecule has 4 nitrogen and oxygen atoms in total. The van der Waals surface area contributed by atoms with Gasteiger partial charge in [0.05, 0.1) is 11.5 Å². The molecule has 1 aliphatic heterocycles. The predicted molar refractivity (Wildman–Crippen MR) is 64.2 cm³/mol. The Morgan fingerprint density at radius 1 is 1.56 bits per heavy atom. The van der Waals surface area contributed by atoms with Crippen molar-refractivity contribution in [2.24, 2.45) is 5.92 Å². The molecular weight excluding hydrogens is 224 g/mol. The van der Waals surface area contributed by atoms with Crippen molar-refractivity contribution in [1.29, 1.82) is 0 Å². The zero-order valence-electron chi connectivity index (χ0n) is 9.31. The van der Waals surface area contributed by atoms with Crippen molar-refractivity contribution < 1.29 is 8.42 Å². The van der Waals surface area contributed by atoms with Crippen LogP contribution in [0.5, 0.6) is 0 Å². The van der Waals surface area contributed by atoms with E-state index in [9.17, 15) is 8.42 Å². The lowest BCUT2D eigenvalue weighted by Crippen LogP contribution is -2.15. The summed E-state index contributed by atoms with van der Waals surface area (Å²) in [6, 6.07) is 3.86. The van der Waals surface area contributed by atoms with Crippen LogP contribution < -0.4 is 5.32 Å². The van der Waals surface area contributed by atoms with E-state index in [0.29, 0.717) is 11.5 Å². The van der Waals surface area contributed by atoms with Gasteiger partial charge in [0.25, 0.3) is 0 Å². The number of anilines is 1. The number of nitrogens with zero attached hydrogens (tertiary/aromatic N) is 1. The molecule has 1 saturated heterocycles. The first kappa shape index (κ1) is 11.4. The van der Waals surface area contributed by atoms with Crippen LogP contribution in [0.2, 0.25) is 0 Å². The molecule has 2 heterocycles. The fourth-order valence-corrected chi connectivity index (χ4v) is 3.81. The van der Waals surface area contributed by atoms with E-state index < -0.39 is 9.84 Å². The summed E-state index contributed by atoms with van der Waals surface area (Å²) in [5.74, 6) is 0.914. The predicted octanol–water partition coefficient (Wildman–Crippen LogP) is 1.24. The lowest BCUT2D eigenvalue weighted by atomic mass is 10.1. The molecule has 0 amide bonds. The molecule has 0 spiro atoms. The highest BCUT2D eigenvalue weighted by Crippen LogP contribution is 2.19. The van der Waals surface area contributed by atoms with Gasteiger partial charge in [0.15, 0.2) is 9.84 Å². The molecule has 5 heteroatoms. The van der Waals surface area contributed by atoms with Crippen LogP contribution in [0.15, 0.2) is 18.3 Å². The van der Waals surface area contributed by atoms with Gasteiger partial charge in [-0.15, -0.1) is 0 Å². The number of pyridine rings is 1. The van der Waals surface area contributed by atoms with Crippen LogP contribution >= 0.6 is 0 Å². The van der Waals surface area contributed by atoms with Crippen molar-refractivity contribution >= 4 is 15.5 Å². The van der Waals surface area contributed by atoms with Gasteiger partial charge in [-0.3, -0.25) is 4.98 Å². The normalized spacial score (nSPS) is 23.2. The Morgan fingerprint density at radius 2 is 2.38 bits per heavy atom. The summed E-state index contributed by atoms with van der Waals surface area (Å²) >= 11 is 0. The van der Waals surface area contributed by atoms with E-state index in [0.717, 1.165) is 24.3 Å². The average molecular weight is 240 g/mol. The Labute approximate surface area is 96.0 Å². The van der Waals surface area contributed by atoms with Gasteiger partial charge in [0, 0.05) is 24.1 Å². The van der Waals surface area contributed by atoms with Crippen LogP contribution in [-0.2, 0) is 9.84 Å². The largest absolute Gasteiger partial charge is 0.385 e. The summed E-state index contributed by atoms with van der Waals surface area (Å²) in [6.07, 6.45) is 2.53. The number of rotatable bonds is 3. The van der Waals surface area contributed by atoms with E-state index in [2.05, 4.69) is 10.3 Å². The molecular formula is C11H16N2O2S.